The summed E-state index contributed by atoms with van der Waals surface area (Å²) < 4.78 is 39.4. The maximum absolute atomic E-state index is 13.0. The van der Waals surface area contributed by atoms with Crippen LogP contribution in [0.15, 0.2) is 36.4 Å². The zero-order valence-electron chi connectivity index (χ0n) is 14.5. The monoisotopic (exact) mass is 378 g/mol. The number of alkyl halides is 2. The number of carbonyl (C=O) groups is 2. The van der Waals surface area contributed by atoms with E-state index in [4.69, 9.17) is 0 Å². The molecule has 0 aromatic heterocycles. The zero-order chi connectivity index (χ0) is 19.6. The lowest BCUT2D eigenvalue weighted by atomic mass is 10.1. The van der Waals surface area contributed by atoms with Crippen molar-refractivity contribution >= 4 is 23.3 Å². The molecule has 0 atom stereocenters. The van der Waals surface area contributed by atoms with Gasteiger partial charge in [0, 0.05) is 17.4 Å². The largest absolute Gasteiger partial charge is 0.586 e. The number of amides is 1. The third-order valence-electron chi connectivity index (χ3n) is 3.79. The lowest BCUT2D eigenvalue weighted by Crippen LogP contribution is -2.25. The summed E-state index contributed by atoms with van der Waals surface area (Å²) in [6.45, 7) is 1.65. The summed E-state index contributed by atoms with van der Waals surface area (Å²) in [5, 5.41) is 5.49. The van der Waals surface area contributed by atoms with Crippen LogP contribution in [0, 0.1) is 6.92 Å². The molecule has 0 bridgehead atoms. The maximum atomic E-state index is 13.0. The van der Waals surface area contributed by atoms with Crippen LogP contribution < -0.4 is 20.1 Å². The molecule has 9 heteroatoms. The van der Waals surface area contributed by atoms with E-state index < -0.39 is 12.3 Å². The van der Waals surface area contributed by atoms with Gasteiger partial charge in [0.25, 0.3) is 0 Å². The van der Waals surface area contributed by atoms with E-state index in [0.717, 1.165) is 5.56 Å². The molecule has 7 nitrogen and oxygen atoms in total. The van der Waals surface area contributed by atoms with E-state index in [-0.39, 0.29) is 24.0 Å². The van der Waals surface area contributed by atoms with Gasteiger partial charge in [-0.25, -0.2) is 4.79 Å². The minimum absolute atomic E-state index is 0.0785. The molecule has 3 rings (SSSR count). The second-order valence-corrected chi connectivity index (χ2v) is 5.75. The van der Waals surface area contributed by atoms with E-state index in [1.54, 1.807) is 19.1 Å². The number of hydrogen-bond acceptors (Lipinski definition) is 6. The van der Waals surface area contributed by atoms with Gasteiger partial charge in [0.05, 0.1) is 19.2 Å². The number of aryl methyl sites for hydroxylation is 1. The molecule has 1 aliphatic heterocycles. The van der Waals surface area contributed by atoms with Gasteiger partial charge < -0.3 is 24.8 Å². The molecule has 0 spiro atoms. The Morgan fingerprint density at radius 2 is 1.85 bits per heavy atom. The highest BCUT2D eigenvalue weighted by Crippen LogP contribution is 2.42. The van der Waals surface area contributed by atoms with Crippen LogP contribution in [0.4, 0.5) is 20.2 Å². The van der Waals surface area contributed by atoms with Gasteiger partial charge in [-0.1, -0.05) is 6.07 Å². The normalized spacial score (nSPS) is 13.8. The van der Waals surface area contributed by atoms with Gasteiger partial charge in [-0.2, -0.15) is 0 Å². The van der Waals surface area contributed by atoms with Crippen molar-refractivity contribution < 1.29 is 32.6 Å². The number of rotatable bonds is 5. The molecular formula is C18H16F2N2O5. The molecule has 1 heterocycles. The molecule has 0 fully saturated rings. The van der Waals surface area contributed by atoms with E-state index in [9.17, 15) is 18.4 Å². The third kappa shape index (κ3) is 4.25. The quantitative estimate of drug-likeness (QED) is 0.778. The number of anilines is 2. The summed E-state index contributed by atoms with van der Waals surface area (Å²) in [6, 6.07) is 8.92. The number of hydrogen-bond donors (Lipinski definition) is 2. The predicted molar refractivity (Wildman–Crippen MR) is 92.3 cm³/mol. The van der Waals surface area contributed by atoms with E-state index in [0.29, 0.717) is 16.9 Å². The number of esters is 1. The predicted octanol–water partition coefficient (Wildman–Crippen LogP) is 3.15. The molecule has 0 aliphatic carbocycles. The SMILES string of the molecule is COC(=O)c1ccc(C)c(NC(=O)CNc2ccc3c(c2)OC(F)(F)O3)c1. The van der Waals surface area contributed by atoms with Gasteiger partial charge in [0.1, 0.15) is 0 Å². The number of halogens is 2. The average molecular weight is 378 g/mol. The minimum atomic E-state index is -3.69. The summed E-state index contributed by atoms with van der Waals surface area (Å²) in [6.07, 6.45) is -3.69. The van der Waals surface area contributed by atoms with Crippen LogP contribution >= 0.6 is 0 Å². The fourth-order valence-corrected chi connectivity index (χ4v) is 2.44. The lowest BCUT2D eigenvalue weighted by Gasteiger charge is -2.11. The van der Waals surface area contributed by atoms with Crippen molar-refractivity contribution in [3.8, 4) is 11.5 Å². The van der Waals surface area contributed by atoms with E-state index >= 15 is 0 Å². The van der Waals surface area contributed by atoms with Crippen molar-refractivity contribution in [2.24, 2.45) is 0 Å². The summed E-state index contributed by atoms with van der Waals surface area (Å²) in [7, 11) is 1.27. The van der Waals surface area contributed by atoms with Crippen molar-refractivity contribution in [2.45, 2.75) is 13.2 Å². The van der Waals surface area contributed by atoms with Crippen molar-refractivity contribution in [1.82, 2.24) is 0 Å². The molecule has 2 N–H and O–H groups in total. The average Bonchev–Trinajstić information content (AvgIpc) is 2.94. The summed E-state index contributed by atoms with van der Waals surface area (Å²) in [4.78, 5) is 23.7. The van der Waals surface area contributed by atoms with Gasteiger partial charge in [-0.15, -0.1) is 8.78 Å². The number of methoxy groups -OCH3 is 1. The number of carbonyl (C=O) groups excluding carboxylic acids is 2. The van der Waals surface area contributed by atoms with Crippen molar-refractivity contribution in [3.05, 3.63) is 47.5 Å². The molecule has 2 aromatic carbocycles. The van der Waals surface area contributed by atoms with Gasteiger partial charge in [0.15, 0.2) is 11.5 Å². The summed E-state index contributed by atoms with van der Waals surface area (Å²) in [5.41, 5.74) is 1.95. The van der Waals surface area contributed by atoms with E-state index in [1.165, 1.54) is 31.4 Å². The molecule has 0 radical (unpaired) electrons. The number of fused-ring (bicyclic) bond motifs is 1. The van der Waals surface area contributed by atoms with Crippen LogP contribution in [0.5, 0.6) is 11.5 Å². The van der Waals surface area contributed by atoms with Crippen LogP contribution in [-0.4, -0.2) is 31.8 Å². The number of nitrogens with one attached hydrogen (secondary N) is 2. The molecule has 2 aromatic rings. The highest BCUT2D eigenvalue weighted by molar-refractivity contribution is 5.97. The topological polar surface area (TPSA) is 85.9 Å². The van der Waals surface area contributed by atoms with Gasteiger partial charge >= 0.3 is 12.3 Å². The fraction of sp³-hybridized carbons (Fsp3) is 0.222. The molecule has 0 saturated carbocycles. The van der Waals surface area contributed by atoms with Gasteiger partial charge in [-0.05, 0) is 36.8 Å². The molecule has 142 valence electrons. The standard InChI is InChI=1S/C18H16F2N2O5/c1-10-3-4-11(17(24)25-2)7-13(10)22-16(23)9-21-12-5-6-14-15(8-12)27-18(19,20)26-14/h3-8,21H,9H2,1-2H3,(H,22,23). The molecule has 1 amide bonds. The molecule has 27 heavy (non-hydrogen) atoms. The first kappa shape index (κ1) is 18.4. The first-order valence-corrected chi connectivity index (χ1v) is 7.90. The van der Waals surface area contributed by atoms with Crippen molar-refractivity contribution in [2.75, 3.05) is 24.3 Å². The van der Waals surface area contributed by atoms with Crippen LogP contribution in [-0.2, 0) is 9.53 Å². The highest BCUT2D eigenvalue weighted by atomic mass is 19.3. The first-order chi connectivity index (χ1) is 12.8. The van der Waals surface area contributed by atoms with Crippen molar-refractivity contribution in [3.63, 3.8) is 0 Å². The summed E-state index contributed by atoms with van der Waals surface area (Å²) in [5.74, 6) is -1.10. The second kappa shape index (κ2) is 7.10. The van der Waals surface area contributed by atoms with E-state index in [1.807, 2.05) is 0 Å². The first-order valence-electron chi connectivity index (χ1n) is 7.90. The molecule has 0 unspecified atom stereocenters. The number of ether oxygens (including phenoxy) is 3. The van der Waals surface area contributed by atoms with Crippen LogP contribution in [0.2, 0.25) is 0 Å². The molecule has 0 saturated heterocycles. The summed E-state index contributed by atoms with van der Waals surface area (Å²) >= 11 is 0. The molecule has 1 aliphatic rings. The Hall–Kier alpha value is -3.36. The zero-order valence-corrected chi connectivity index (χ0v) is 14.5. The third-order valence-corrected chi connectivity index (χ3v) is 3.79. The highest BCUT2D eigenvalue weighted by Gasteiger charge is 2.43. The lowest BCUT2D eigenvalue weighted by molar-refractivity contribution is -0.286. The Morgan fingerprint density at radius 3 is 2.59 bits per heavy atom. The Balaban J connectivity index is 1.62. The Bertz CT molecular complexity index is 901. The van der Waals surface area contributed by atoms with Gasteiger partial charge in [-0.3, -0.25) is 4.79 Å². The number of benzene rings is 2. The molecular weight excluding hydrogens is 362 g/mol. The fourth-order valence-electron chi connectivity index (χ4n) is 2.44. The minimum Gasteiger partial charge on any atom is -0.465 e. The Kier molecular flexibility index (Phi) is 4.85. The maximum Gasteiger partial charge on any atom is 0.586 e. The Labute approximate surface area is 153 Å². The van der Waals surface area contributed by atoms with Crippen LogP contribution in [0.1, 0.15) is 15.9 Å². The Morgan fingerprint density at radius 1 is 1.11 bits per heavy atom. The van der Waals surface area contributed by atoms with Gasteiger partial charge in [0.2, 0.25) is 5.91 Å². The smallest absolute Gasteiger partial charge is 0.465 e. The van der Waals surface area contributed by atoms with E-state index in [2.05, 4.69) is 24.8 Å². The van der Waals surface area contributed by atoms with Crippen LogP contribution in [0.25, 0.3) is 0 Å². The van der Waals surface area contributed by atoms with Crippen molar-refractivity contribution in [1.29, 1.82) is 0 Å². The van der Waals surface area contributed by atoms with Crippen LogP contribution in [0.3, 0.4) is 0 Å². The second-order valence-electron chi connectivity index (χ2n) is 5.75.